The van der Waals surface area contributed by atoms with E-state index in [4.69, 9.17) is 4.74 Å². The van der Waals surface area contributed by atoms with Crippen LogP contribution in [0.25, 0.3) is 0 Å². The predicted molar refractivity (Wildman–Crippen MR) is 77.7 cm³/mol. The van der Waals surface area contributed by atoms with Crippen molar-refractivity contribution < 1.29 is 8.95 Å². The van der Waals surface area contributed by atoms with Crippen molar-refractivity contribution in [1.29, 1.82) is 0 Å². The lowest BCUT2D eigenvalue weighted by atomic mass is 9.79. The van der Waals surface area contributed by atoms with Gasteiger partial charge in [-0.3, -0.25) is 0 Å². The Bertz CT molecular complexity index is 745. The first-order valence-electron chi connectivity index (χ1n) is 6.85. The Balaban J connectivity index is 1.75. The van der Waals surface area contributed by atoms with Gasteiger partial charge in [-0.25, -0.2) is 4.21 Å². The Morgan fingerprint density at radius 3 is 2.35 bits per heavy atom. The monoisotopic (exact) mass is 283 g/mol. The lowest BCUT2D eigenvalue weighted by Crippen LogP contribution is -2.36. The molecular weight excluding hydrogens is 270 g/mol. The van der Waals surface area contributed by atoms with E-state index in [0.717, 1.165) is 5.69 Å². The molecule has 3 aliphatic heterocycles. The zero-order valence-corrected chi connectivity index (χ0v) is 11.5. The first-order chi connectivity index (χ1) is 9.84. The summed E-state index contributed by atoms with van der Waals surface area (Å²) in [4.78, 5) is 0. The highest BCUT2D eigenvalue weighted by molar-refractivity contribution is 7.87. The molecule has 0 radical (unpaired) electrons. The van der Waals surface area contributed by atoms with Crippen molar-refractivity contribution in [3.05, 3.63) is 65.2 Å². The fourth-order valence-electron chi connectivity index (χ4n) is 3.87. The maximum absolute atomic E-state index is 12.6. The zero-order valence-electron chi connectivity index (χ0n) is 10.7. The number of benzene rings is 2. The van der Waals surface area contributed by atoms with Crippen LogP contribution < -0.4 is 4.72 Å². The number of fused-ring (bicyclic) bond motifs is 10. The molecule has 0 spiro atoms. The number of anilines is 1. The molecule has 2 bridgehead atoms. The van der Waals surface area contributed by atoms with Crippen molar-refractivity contribution in [2.45, 2.75) is 23.4 Å². The van der Waals surface area contributed by atoms with Gasteiger partial charge in [-0.2, -0.15) is 0 Å². The summed E-state index contributed by atoms with van der Waals surface area (Å²) in [6.45, 7) is 0. The van der Waals surface area contributed by atoms with Crippen LogP contribution in [0, 0.1) is 0 Å². The van der Waals surface area contributed by atoms with Gasteiger partial charge < -0.3 is 9.46 Å². The highest BCUT2D eigenvalue weighted by atomic mass is 32.2. The minimum atomic E-state index is -1.09. The Labute approximate surface area is 119 Å². The molecule has 1 N–H and O–H groups in total. The van der Waals surface area contributed by atoms with Crippen LogP contribution in [0.5, 0.6) is 0 Å². The third-order valence-corrected chi connectivity index (χ3v) is 6.11. The van der Waals surface area contributed by atoms with E-state index in [1.54, 1.807) is 0 Å². The second-order valence-corrected chi connectivity index (χ2v) is 6.93. The molecule has 0 unspecified atom stereocenters. The molecule has 3 aliphatic rings. The van der Waals surface area contributed by atoms with Crippen molar-refractivity contribution in [3.8, 4) is 0 Å². The minimum Gasteiger partial charge on any atom is -0.364 e. The normalized spacial score (nSPS) is 35.9. The molecule has 3 nitrogen and oxygen atoms in total. The molecule has 2 aromatic rings. The van der Waals surface area contributed by atoms with Crippen LogP contribution in [0.15, 0.2) is 48.5 Å². The van der Waals surface area contributed by atoms with Gasteiger partial charge in [0.25, 0.3) is 0 Å². The summed E-state index contributed by atoms with van der Waals surface area (Å²) >= 11 is 0. The van der Waals surface area contributed by atoms with E-state index in [1.807, 2.05) is 24.3 Å². The lowest BCUT2D eigenvalue weighted by molar-refractivity contribution is 0.0683. The number of nitrogens with one attached hydrogen (secondary N) is 1. The minimum absolute atomic E-state index is 0.0183. The second kappa shape index (κ2) is 3.71. The van der Waals surface area contributed by atoms with E-state index in [0.29, 0.717) is 0 Å². The van der Waals surface area contributed by atoms with Crippen molar-refractivity contribution in [1.82, 2.24) is 0 Å². The summed E-state index contributed by atoms with van der Waals surface area (Å²) < 4.78 is 21.9. The summed E-state index contributed by atoms with van der Waals surface area (Å²) in [6.07, 6.45) is 0.0105. The van der Waals surface area contributed by atoms with Crippen molar-refractivity contribution in [2.24, 2.45) is 0 Å². The van der Waals surface area contributed by atoms with Gasteiger partial charge in [0.15, 0.2) is 0 Å². The molecule has 3 heterocycles. The lowest BCUT2D eigenvalue weighted by Gasteiger charge is -2.34. The van der Waals surface area contributed by atoms with Gasteiger partial charge in [0, 0.05) is 11.6 Å². The topological polar surface area (TPSA) is 38.3 Å². The molecule has 5 atom stereocenters. The Morgan fingerprint density at radius 1 is 0.900 bits per heavy atom. The molecule has 0 amide bonds. The summed E-state index contributed by atoms with van der Waals surface area (Å²) in [5.74, 6) is 0.202. The molecule has 1 fully saturated rings. The molecule has 0 aliphatic carbocycles. The molecule has 0 saturated carbocycles. The summed E-state index contributed by atoms with van der Waals surface area (Å²) in [5, 5.41) is 0.0183. The quantitative estimate of drug-likeness (QED) is 0.807. The van der Waals surface area contributed by atoms with E-state index < -0.39 is 11.0 Å². The fourth-order valence-corrected chi connectivity index (χ4v) is 5.40. The van der Waals surface area contributed by atoms with Crippen molar-refractivity contribution >= 4 is 16.7 Å². The average Bonchev–Trinajstić information content (AvgIpc) is 3.05. The molecule has 100 valence electrons. The van der Waals surface area contributed by atoms with Gasteiger partial charge in [0.2, 0.25) is 0 Å². The molecule has 20 heavy (non-hydrogen) atoms. The highest BCUT2D eigenvalue weighted by Gasteiger charge is 2.57. The number of hydrogen-bond donors (Lipinski definition) is 1. The van der Waals surface area contributed by atoms with E-state index in [-0.39, 0.29) is 23.4 Å². The van der Waals surface area contributed by atoms with Gasteiger partial charge in [0.05, 0.1) is 11.4 Å². The smallest absolute Gasteiger partial charge is 0.124 e. The first-order valence-corrected chi connectivity index (χ1v) is 8.06. The number of para-hydroxylation sites is 1. The van der Waals surface area contributed by atoms with E-state index in [9.17, 15) is 4.21 Å². The van der Waals surface area contributed by atoms with Crippen LogP contribution in [-0.4, -0.2) is 9.46 Å². The standard InChI is InChI=1S/C16H13NO2S/c18-20-16-13(11-7-3-4-8-12(11)17-20)14-9-5-1-2-6-10(9)15(16)19-14/h1-8,13-17H/t13-,14-,15+,16-,20-/m0/s1. The molecule has 5 rings (SSSR count). The average molecular weight is 283 g/mol. The van der Waals surface area contributed by atoms with Crippen LogP contribution in [0.3, 0.4) is 0 Å². The molecule has 2 aromatic carbocycles. The van der Waals surface area contributed by atoms with Gasteiger partial charge in [-0.15, -0.1) is 0 Å². The molecular formula is C16H13NO2S. The van der Waals surface area contributed by atoms with Gasteiger partial charge in [0.1, 0.15) is 17.1 Å². The van der Waals surface area contributed by atoms with Gasteiger partial charge in [-0.1, -0.05) is 42.5 Å². The van der Waals surface area contributed by atoms with Crippen LogP contribution >= 0.6 is 0 Å². The van der Waals surface area contributed by atoms with Crippen molar-refractivity contribution in [3.63, 3.8) is 0 Å². The third-order valence-electron chi connectivity index (χ3n) is 4.66. The van der Waals surface area contributed by atoms with Crippen LogP contribution in [0.1, 0.15) is 34.8 Å². The third kappa shape index (κ3) is 1.21. The number of rotatable bonds is 0. The Hall–Kier alpha value is -1.65. The largest absolute Gasteiger partial charge is 0.364 e. The Kier molecular flexibility index (Phi) is 2.05. The predicted octanol–water partition coefficient (Wildman–Crippen LogP) is 3.05. The van der Waals surface area contributed by atoms with Crippen LogP contribution in [-0.2, 0) is 15.7 Å². The molecule has 4 heteroatoms. The summed E-state index contributed by atoms with van der Waals surface area (Å²) in [6, 6.07) is 16.5. The number of ether oxygens (including phenoxy) is 1. The molecule has 0 aromatic heterocycles. The van der Waals surface area contributed by atoms with Gasteiger partial charge in [-0.05, 0) is 22.8 Å². The SMILES string of the molecule is O=[S@@]1Nc2ccccc2[C@@H]2[C@H]1[C@@H]1O[C@H]2c2ccccc21. The van der Waals surface area contributed by atoms with Crippen molar-refractivity contribution in [2.75, 3.05) is 4.72 Å². The maximum atomic E-state index is 12.6. The fraction of sp³-hybridized carbons (Fsp3) is 0.250. The second-order valence-electron chi connectivity index (χ2n) is 5.58. The summed E-state index contributed by atoms with van der Waals surface area (Å²) in [5.41, 5.74) is 4.71. The highest BCUT2D eigenvalue weighted by Crippen LogP contribution is 2.61. The first kappa shape index (κ1) is 11.1. The van der Waals surface area contributed by atoms with E-state index in [2.05, 4.69) is 29.0 Å². The molecule has 1 saturated heterocycles. The number of hydrogen-bond acceptors (Lipinski definition) is 2. The van der Waals surface area contributed by atoms with Crippen LogP contribution in [0.4, 0.5) is 5.69 Å². The Morgan fingerprint density at radius 2 is 1.55 bits per heavy atom. The summed E-state index contributed by atoms with van der Waals surface area (Å²) in [7, 11) is -1.09. The maximum Gasteiger partial charge on any atom is 0.124 e. The van der Waals surface area contributed by atoms with Crippen LogP contribution in [0.2, 0.25) is 0 Å². The van der Waals surface area contributed by atoms with E-state index >= 15 is 0 Å². The van der Waals surface area contributed by atoms with Gasteiger partial charge >= 0.3 is 0 Å². The zero-order chi connectivity index (χ0) is 13.3. The van der Waals surface area contributed by atoms with E-state index in [1.165, 1.54) is 16.7 Å².